The lowest BCUT2D eigenvalue weighted by Gasteiger charge is -2.14. The Hall–Kier alpha value is -3.23. The van der Waals surface area contributed by atoms with E-state index in [-0.39, 0.29) is 17.6 Å². The molecule has 1 unspecified atom stereocenters. The molecule has 2 aromatic carbocycles. The van der Waals surface area contributed by atoms with Gasteiger partial charge in [-0.15, -0.1) is 5.10 Å². The van der Waals surface area contributed by atoms with E-state index in [4.69, 9.17) is 11.6 Å². The standard InChI is InChI=1S/C23H21ClN6OS/c1-15-9-10-18(13-19(15)24)30-20(14-32-23-25-11-6-12-26-23)21(28-29-30)22(31)27-16(2)17-7-4-3-5-8-17/h3-13,16H,14H2,1-2H3,(H,27,31). The topological polar surface area (TPSA) is 85.6 Å². The molecule has 0 aliphatic carbocycles. The van der Waals surface area contributed by atoms with Crippen molar-refractivity contribution in [1.29, 1.82) is 0 Å². The summed E-state index contributed by atoms with van der Waals surface area (Å²) in [5, 5.41) is 12.7. The van der Waals surface area contributed by atoms with Crippen LogP contribution in [0, 0.1) is 6.92 Å². The predicted octanol–water partition coefficient (Wildman–Crippen LogP) is 4.80. The summed E-state index contributed by atoms with van der Waals surface area (Å²) in [4.78, 5) is 21.6. The van der Waals surface area contributed by atoms with Gasteiger partial charge in [-0.3, -0.25) is 4.79 Å². The van der Waals surface area contributed by atoms with Crippen molar-refractivity contribution in [1.82, 2.24) is 30.3 Å². The molecule has 1 N–H and O–H groups in total. The maximum atomic E-state index is 13.1. The van der Waals surface area contributed by atoms with Crippen LogP contribution in [0.1, 0.15) is 40.3 Å². The van der Waals surface area contributed by atoms with Gasteiger partial charge in [-0.2, -0.15) is 0 Å². The van der Waals surface area contributed by atoms with Crippen molar-refractivity contribution in [2.45, 2.75) is 30.8 Å². The number of carbonyl (C=O) groups excluding carboxylic acids is 1. The maximum absolute atomic E-state index is 13.1. The highest BCUT2D eigenvalue weighted by atomic mass is 35.5. The summed E-state index contributed by atoms with van der Waals surface area (Å²) in [5.74, 6) is 0.112. The monoisotopic (exact) mass is 464 g/mol. The molecule has 7 nitrogen and oxygen atoms in total. The van der Waals surface area contributed by atoms with E-state index in [0.29, 0.717) is 21.6 Å². The van der Waals surface area contributed by atoms with Crippen LogP contribution in [0.5, 0.6) is 0 Å². The average molecular weight is 465 g/mol. The number of amides is 1. The fourth-order valence-corrected chi connectivity index (χ4v) is 4.08. The smallest absolute Gasteiger partial charge is 0.274 e. The van der Waals surface area contributed by atoms with Crippen LogP contribution in [0.3, 0.4) is 0 Å². The summed E-state index contributed by atoms with van der Waals surface area (Å²) < 4.78 is 1.64. The third-order valence-electron chi connectivity index (χ3n) is 4.91. The summed E-state index contributed by atoms with van der Waals surface area (Å²) in [5.41, 5.74) is 3.59. The highest BCUT2D eigenvalue weighted by Crippen LogP contribution is 2.25. The lowest BCUT2D eigenvalue weighted by Crippen LogP contribution is -2.28. The van der Waals surface area contributed by atoms with Gasteiger partial charge in [0.15, 0.2) is 10.9 Å². The molecule has 162 valence electrons. The van der Waals surface area contributed by atoms with Crippen molar-refractivity contribution in [3.8, 4) is 5.69 Å². The predicted molar refractivity (Wildman–Crippen MR) is 125 cm³/mol. The van der Waals surface area contributed by atoms with Gasteiger partial charge >= 0.3 is 0 Å². The highest BCUT2D eigenvalue weighted by Gasteiger charge is 2.23. The molecule has 0 spiro atoms. The molecule has 0 aliphatic rings. The lowest BCUT2D eigenvalue weighted by molar-refractivity contribution is 0.0934. The minimum Gasteiger partial charge on any atom is -0.344 e. The number of hydrogen-bond donors (Lipinski definition) is 1. The first kappa shape index (κ1) is 22.0. The van der Waals surface area contributed by atoms with Crippen molar-refractivity contribution in [3.63, 3.8) is 0 Å². The van der Waals surface area contributed by atoms with Crippen LogP contribution in [0.4, 0.5) is 0 Å². The number of rotatable bonds is 7. The molecule has 2 heterocycles. The van der Waals surface area contributed by atoms with E-state index in [2.05, 4.69) is 25.6 Å². The van der Waals surface area contributed by atoms with Gasteiger partial charge in [0.05, 0.1) is 17.4 Å². The minimum absolute atomic E-state index is 0.180. The quantitative estimate of drug-likeness (QED) is 0.312. The molecule has 0 bridgehead atoms. The van der Waals surface area contributed by atoms with Crippen molar-refractivity contribution in [2.24, 2.45) is 0 Å². The van der Waals surface area contributed by atoms with Crippen LogP contribution in [0.15, 0.2) is 72.1 Å². The molecule has 0 radical (unpaired) electrons. The maximum Gasteiger partial charge on any atom is 0.274 e. The highest BCUT2D eigenvalue weighted by molar-refractivity contribution is 7.98. The van der Waals surface area contributed by atoms with Gasteiger partial charge in [-0.1, -0.05) is 65.0 Å². The molecule has 4 aromatic rings. The Morgan fingerprint density at radius 3 is 2.59 bits per heavy atom. The molecule has 0 fully saturated rings. The van der Waals surface area contributed by atoms with Crippen molar-refractivity contribution in [3.05, 3.63) is 94.5 Å². The molecular weight excluding hydrogens is 444 g/mol. The van der Waals surface area contributed by atoms with Crippen molar-refractivity contribution >= 4 is 29.3 Å². The van der Waals surface area contributed by atoms with E-state index < -0.39 is 0 Å². The number of carbonyl (C=O) groups is 1. The summed E-state index contributed by atoms with van der Waals surface area (Å²) in [6.45, 7) is 3.87. The zero-order valence-electron chi connectivity index (χ0n) is 17.6. The number of hydrogen-bond acceptors (Lipinski definition) is 6. The van der Waals surface area contributed by atoms with Crippen molar-refractivity contribution < 1.29 is 4.79 Å². The van der Waals surface area contributed by atoms with Crippen LogP contribution < -0.4 is 5.32 Å². The third-order valence-corrected chi connectivity index (χ3v) is 6.20. The second-order valence-corrected chi connectivity index (χ2v) is 8.51. The fourth-order valence-electron chi connectivity index (χ4n) is 3.11. The molecule has 1 amide bonds. The Morgan fingerprint density at radius 2 is 1.88 bits per heavy atom. The van der Waals surface area contributed by atoms with Crippen LogP contribution in [0.2, 0.25) is 5.02 Å². The third kappa shape index (κ3) is 4.98. The number of thioether (sulfide) groups is 1. The summed E-state index contributed by atoms with van der Waals surface area (Å²) >= 11 is 7.73. The normalized spacial score (nSPS) is 11.8. The van der Waals surface area contributed by atoms with Crippen molar-refractivity contribution in [2.75, 3.05) is 0 Å². The minimum atomic E-state index is -0.296. The van der Waals surface area contributed by atoms with E-state index in [1.807, 2.05) is 62.4 Å². The Labute approximate surface area is 195 Å². The molecular formula is C23H21ClN6OS. The zero-order valence-corrected chi connectivity index (χ0v) is 19.1. The van der Waals surface area contributed by atoms with Gasteiger partial charge in [0.25, 0.3) is 5.91 Å². The first-order valence-electron chi connectivity index (χ1n) is 9.99. The summed E-state index contributed by atoms with van der Waals surface area (Å²) in [7, 11) is 0. The molecule has 1 atom stereocenters. The molecule has 2 aromatic heterocycles. The second-order valence-electron chi connectivity index (χ2n) is 7.16. The number of halogens is 1. The van der Waals surface area contributed by atoms with Gasteiger partial charge in [0, 0.05) is 23.2 Å². The number of nitrogens with zero attached hydrogens (tertiary/aromatic N) is 5. The molecule has 0 saturated heterocycles. The van der Waals surface area contributed by atoms with Crippen LogP contribution in [-0.2, 0) is 5.75 Å². The van der Waals surface area contributed by atoms with Gasteiger partial charge in [-0.05, 0) is 43.2 Å². The largest absolute Gasteiger partial charge is 0.344 e. The molecule has 9 heteroatoms. The summed E-state index contributed by atoms with van der Waals surface area (Å²) in [6.07, 6.45) is 3.36. The second kappa shape index (κ2) is 9.93. The van der Waals surface area contributed by atoms with E-state index >= 15 is 0 Å². The number of benzene rings is 2. The Morgan fingerprint density at radius 1 is 1.12 bits per heavy atom. The van der Waals surface area contributed by atoms with Crippen LogP contribution in [0.25, 0.3) is 5.69 Å². The van der Waals surface area contributed by atoms with E-state index in [1.165, 1.54) is 11.8 Å². The first-order chi connectivity index (χ1) is 15.5. The molecule has 32 heavy (non-hydrogen) atoms. The van der Waals surface area contributed by atoms with Gasteiger partial charge in [0.2, 0.25) is 0 Å². The molecule has 0 saturated carbocycles. The number of aromatic nitrogens is 5. The van der Waals surface area contributed by atoms with E-state index in [9.17, 15) is 4.79 Å². The van der Waals surface area contributed by atoms with Gasteiger partial charge in [-0.25, -0.2) is 14.6 Å². The van der Waals surface area contributed by atoms with Crippen LogP contribution in [-0.4, -0.2) is 30.9 Å². The number of nitrogens with one attached hydrogen (secondary N) is 1. The zero-order chi connectivity index (χ0) is 22.5. The molecule has 4 rings (SSSR count). The SMILES string of the molecule is Cc1ccc(-n2nnc(C(=O)NC(C)c3ccccc3)c2CSc2ncccn2)cc1Cl. The molecule has 0 aliphatic heterocycles. The number of aryl methyl sites for hydroxylation is 1. The Bertz CT molecular complexity index is 1220. The van der Waals surface area contributed by atoms with Gasteiger partial charge < -0.3 is 5.32 Å². The lowest BCUT2D eigenvalue weighted by atomic mass is 10.1. The first-order valence-corrected chi connectivity index (χ1v) is 11.4. The van der Waals surface area contributed by atoms with E-state index in [1.54, 1.807) is 23.1 Å². The summed E-state index contributed by atoms with van der Waals surface area (Å²) in [6, 6.07) is 17.0. The van der Waals surface area contributed by atoms with Gasteiger partial charge in [0.1, 0.15) is 0 Å². The van der Waals surface area contributed by atoms with Crippen LogP contribution >= 0.6 is 23.4 Å². The average Bonchev–Trinajstić information content (AvgIpc) is 3.25. The Balaban J connectivity index is 1.65. The van der Waals surface area contributed by atoms with E-state index in [0.717, 1.165) is 16.8 Å². The fraction of sp³-hybridized carbons (Fsp3) is 0.174. The Kier molecular flexibility index (Phi) is 6.82.